The molecular weight excluding hydrogens is 412 g/mol. The number of fused-ring (bicyclic) bond motifs is 1. The molecule has 2 aromatic carbocycles. The number of likely N-dealkylation sites (N-methyl/N-ethyl adjacent to an activating group) is 1. The average molecular weight is 439 g/mol. The summed E-state index contributed by atoms with van der Waals surface area (Å²) < 4.78 is 6.45. The van der Waals surface area contributed by atoms with Crippen LogP contribution in [0.3, 0.4) is 0 Å². The third kappa shape index (κ3) is 5.03. The number of hydrogen-bond acceptors (Lipinski definition) is 6. The van der Waals surface area contributed by atoms with Crippen LogP contribution in [-0.4, -0.2) is 66.4 Å². The van der Waals surface area contributed by atoms with Gasteiger partial charge in [-0.1, -0.05) is 17.4 Å². The maximum Gasteiger partial charge on any atom is 0.264 e. The van der Waals surface area contributed by atoms with Gasteiger partial charge in [0.1, 0.15) is 5.75 Å². The molecule has 1 aromatic heterocycles. The highest BCUT2D eigenvalue weighted by molar-refractivity contribution is 7.22. The molecule has 1 fully saturated rings. The minimum absolute atomic E-state index is 0.0378. The third-order valence-electron chi connectivity index (χ3n) is 5.52. The zero-order valence-electron chi connectivity index (χ0n) is 18.0. The van der Waals surface area contributed by atoms with Crippen LogP contribution in [0.5, 0.6) is 5.75 Å². The number of carbonyl (C=O) groups excluding carboxylic acids is 2. The normalized spacial score (nSPS) is 14.6. The summed E-state index contributed by atoms with van der Waals surface area (Å²) in [6.07, 6.45) is 0. The number of piperazine rings is 1. The van der Waals surface area contributed by atoms with Crippen molar-refractivity contribution < 1.29 is 14.3 Å². The van der Waals surface area contributed by atoms with Gasteiger partial charge in [-0.3, -0.25) is 14.9 Å². The van der Waals surface area contributed by atoms with E-state index in [1.54, 1.807) is 6.07 Å². The van der Waals surface area contributed by atoms with Crippen LogP contribution < -0.4 is 10.1 Å². The van der Waals surface area contributed by atoms with Gasteiger partial charge in [0.25, 0.3) is 11.8 Å². The SMILES string of the molecule is Cc1ccc(OCC(=O)Nc2nc3ccc(C(=O)N4CCN(C)CC4)cc3s2)cc1C. The Labute approximate surface area is 185 Å². The molecule has 2 heterocycles. The fraction of sp³-hybridized carbons (Fsp3) is 0.348. The predicted octanol–water partition coefficient (Wildman–Crippen LogP) is 3.32. The maximum absolute atomic E-state index is 12.8. The summed E-state index contributed by atoms with van der Waals surface area (Å²) in [5.41, 5.74) is 3.70. The number of ether oxygens (including phenoxy) is 1. The van der Waals surface area contributed by atoms with Crippen molar-refractivity contribution in [2.24, 2.45) is 0 Å². The van der Waals surface area contributed by atoms with E-state index in [2.05, 4.69) is 22.2 Å². The number of thiazole rings is 1. The molecule has 2 amide bonds. The van der Waals surface area contributed by atoms with Gasteiger partial charge in [0.15, 0.2) is 11.7 Å². The summed E-state index contributed by atoms with van der Waals surface area (Å²) in [6, 6.07) is 11.2. The second-order valence-electron chi connectivity index (χ2n) is 7.88. The Morgan fingerprint density at radius 1 is 1.06 bits per heavy atom. The van der Waals surface area contributed by atoms with Gasteiger partial charge in [-0.25, -0.2) is 4.98 Å². The molecule has 1 aliphatic heterocycles. The van der Waals surface area contributed by atoms with Crippen molar-refractivity contribution >= 4 is 38.5 Å². The van der Waals surface area contributed by atoms with E-state index in [-0.39, 0.29) is 18.4 Å². The van der Waals surface area contributed by atoms with Gasteiger partial charge in [-0.2, -0.15) is 0 Å². The molecule has 0 radical (unpaired) electrons. The van der Waals surface area contributed by atoms with Crippen molar-refractivity contribution in [3.63, 3.8) is 0 Å². The van der Waals surface area contributed by atoms with E-state index in [0.717, 1.165) is 42.0 Å². The quantitative estimate of drug-likeness (QED) is 0.662. The second-order valence-corrected chi connectivity index (χ2v) is 8.91. The zero-order valence-corrected chi connectivity index (χ0v) is 18.8. The number of anilines is 1. The lowest BCUT2D eigenvalue weighted by Gasteiger charge is -2.32. The summed E-state index contributed by atoms with van der Waals surface area (Å²) in [7, 11) is 2.06. The van der Waals surface area contributed by atoms with E-state index < -0.39 is 0 Å². The average Bonchev–Trinajstić information content (AvgIpc) is 3.16. The highest BCUT2D eigenvalue weighted by Crippen LogP contribution is 2.27. The summed E-state index contributed by atoms with van der Waals surface area (Å²) in [4.78, 5) is 33.7. The number of nitrogens with one attached hydrogen (secondary N) is 1. The number of hydrogen-bond donors (Lipinski definition) is 1. The number of amides is 2. The van der Waals surface area contributed by atoms with Crippen LogP contribution in [0.1, 0.15) is 21.5 Å². The molecule has 1 saturated heterocycles. The summed E-state index contributed by atoms with van der Waals surface area (Å²) >= 11 is 1.35. The molecule has 3 aromatic rings. The number of benzene rings is 2. The fourth-order valence-corrected chi connectivity index (χ4v) is 4.33. The Bertz CT molecular complexity index is 1120. The van der Waals surface area contributed by atoms with Gasteiger partial charge in [-0.15, -0.1) is 0 Å². The first-order valence-electron chi connectivity index (χ1n) is 10.3. The van der Waals surface area contributed by atoms with Gasteiger partial charge < -0.3 is 14.5 Å². The van der Waals surface area contributed by atoms with Gasteiger partial charge >= 0.3 is 0 Å². The van der Waals surface area contributed by atoms with E-state index in [1.807, 2.05) is 49.1 Å². The summed E-state index contributed by atoms with van der Waals surface area (Å²) in [6.45, 7) is 7.18. The first-order valence-corrected chi connectivity index (χ1v) is 11.1. The smallest absolute Gasteiger partial charge is 0.264 e. The number of aromatic nitrogens is 1. The number of nitrogens with zero attached hydrogens (tertiary/aromatic N) is 3. The van der Waals surface area contributed by atoms with Gasteiger partial charge in [-0.05, 0) is 62.4 Å². The molecule has 31 heavy (non-hydrogen) atoms. The van der Waals surface area contributed by atoms with Crippen molar-refractivity contribution in [3.8, 4) is 5.75 Å². The Hall–Kier alpha value is -2.97. The molecule has 0 saturated carbocycles. The summed E-state index contributed by atoms with van der Waals surface area (Å²) in [5, 5.41) is 3.28. The lowest BCUT2D eigenvalue weighted by molar-refractivity contribution is -0.118. The number of carbonyl (C=O) groups is 2. The summed E-state index contributed by atoms with van der Waals surface area (Å²) in [5.74, 6) is 0.427. The molecule has 0 aliphatic carbocycles. The van der Waals surface area contributed by atoms with E-state index in [4.69, 9.17) is 4.74 Å². The number of aryl methyl sites for hydroxylation is 2. The lowest BCUT2D eigenvalue weighted by atomic mass is 10.1. The van der Waals surface area contributed by atoms with Gasteiger partial charge in [0.2, 0.25) is 0 Å². The Morgan fingerprint density at radius 3 is 2.58 bits per heavy atom. The van der Waals surface area contributed by atoms with Crippen LogP contribution in [0.4, 0.5) is 5.13 Å². The van der Waals surface area contributed by atoms with Crippen molar-refractivity contribution in [2.45, 2.75) is 13.8 Å². The monoisotopic (exact) mass is 438 g/mol. The van der Waals surface area contributed by atoms with Crippen LogP contribution in [0.25, 0.3) is 10.2 Å². The number of rotatable bonds is 5. The second kappa shape index (κ2) is 9.03. The molecule has 0 unspecified atom stereocenters. The lowest BCUT2D eigenvalue weighted by Crippen LogP contribution is -2.47. The first-order chi connectivity index (χ1) is 14.9. The highest BCUT2D eigenvalue weighted by Gasteiger charge is 2.21. The molecule has 1 N–H and O–H groups in total. The van der Waals surface area contributed by atoms with Crippen LogP contribution in [0.15, 0.2) is 36.4 Å². The van der Waals surface area contributed by atoms with Gasteiger partial charge in [0, 0.05) is 31.7 Å². The predicted molar refractivity (Wildman–Crippen MR) is 123 cm³/mol. The van der Waals surface area contributed by atoms with Crippen molar-refractivity contribution in [1.82, 2.24) is 14.8 Å². The highest BCUT2D eigenvalue weighted by atomic mass is 32.1. The topological polar surface area (TPSA) is 74.8 Å². The Balaban J connectivity index is 1.39. The standard InChI is InChI=1S/C23H26N4O3S/c1-15-4-6-18(12-16(15)2)30-14-21(28)25-23-24-19-7-5-17(13-20(19)31-23)22(29)27-10-8-26(3)9-11-27/h4-7,12-13H,8-11,14H2,1-3H3,(H,24,25,28). The molecule has 1 aliphatic rings. The first kappa shape index (κ1) is 21.3. The Morgan fingerprint density at radius 2 is 1.84 bits per heavy atom. The minimum atomic E-state index is -0.272. The third-order valence-corrected chi connectivity index (χ3v) is 6.45. The van der Waals surface area contributed by atoms with E-state index in [9.17, 15) is 9.59 Å². The minimum Gasteiger partial charge on any atom is -0.484 e. The van der Waals surface area contributed by atoms with Crippen LogP contribution in [-0.2, 0) is 4.79 Å². The van der Waals surface area contributed by atoms with E-state index in [0.29, 0.717) is 16.4 Å². The van der Waals surface area contributed by atoms with E-state index >= 15 is 0 Å². The molecule has 4 rings (SSSR count). The van der Waals surface area contributed by atoms with Gasteiger partial charge in [0.05, 0.1) is 10.2 Å². The van der Waals surface area contributed by atoms with Crippen molar-refractivity contribution in [2.75, 3.05) is 45.2 Å². The largest absolute Gasteiger partial charge is 0.484 e. The molecule has 0 spiro atoms. The van der Waals surface area contributed by atoms with Crippen LogP contribution >= 0.6 is 11.3 Å². The molecule has 0 atom stereocenters. The maximum atomic E-state index is 12.8. The van der Waals surface area contributed by atoms with Crippen molar-refractivity contribution in [3.05, 3.63) is 53.1 Å². The molecule has 162 valence electrons. The molecule has 7 nitrogen and oxygen atoms in total. The van der Waals surface area contributed by atoms with Crippen molar-refractivity contribution in [1.29, 1.82) is 0 Å². The Kier molecular flexibility index (Phi) is 6.20. The van der Waals surface area contributed by atoms with Crippen LogP contribution in [0, 0.1) is 13.8 Å². The molecule has 0 bridgehead atoms. The molecular formula is C23H26N4O3S. The van der Waals surface area contributed by atoms with E-state index in [1.165, 1.54) is 16.9 Å². The fourth-order valence-electron chi connectivity index (χ4n) is 3.41. The zero-order chi connectivity index (χ0) is 22.0. The molecule has 8 heteroatoms. The van der Waals surface area contributed by atoms with Crippen LogP contribution in [0.2, 0.25) is 0 Å².